The predicted molar refractivity (Wildman–Crippen MR) is 103 cm³/mol. The van der Waals surface area contributed by atoms with Crippen LogP contribution in [0.3, 0.4) is 0 Å². The molecule has 2 amide bonds. The fourth-order valence-corrected chi connectivity index (χ4v) is 3.25. The van der Waals surface area contributed by atoms with Crippen LogP contribution in [0.5, 0.6) is 0 Å². The van der Waals surface area contributed by atoms with E-state index in [0.717, 1.165) is 16.7 Å². The quantitative estimate of drug-likeness (QED) is 0.728. The molecule has 1 aliphatic heterocycles. The maximum atomic E-state index is 12.3. The number of rotatable bonds is 5. The first kappa shape index (κ1) is 17.5. The van der Waals surface area contributed by atoms with Crippen LogP contribution in [-0.2, 0) is 9.47 Å². The number of benzene rings is 2. The molecule has 140 valence electrons. The van der Waals surface area contributed by atoms with E-state index in [2.05, 4.69) is 15.6 Å². The van der Waals surface area contributed by atoms with E-state index < -0.39 is 0 Å². The molecule has 0 saturated carbocycles. The van der Waals surface area contributed by atoms with Gasteiger partial charge < -0.3 is 20.1 Å². The number of ether oxygens (including phenoxy) is 2. The number of fused-ring (bicyclic) bond motifs is 1. The van der Waals surface area contributed by atoms with Gasteiger partial charge in [-0.25, -0.2) is 9.78 Å². The van der Waals surface area contributed by atoms with Crippen molar-refractivity contribution < 1.29 is 14.3 Å². The molecule has 1 aliphatic rings. The zero-order valence-electron chi connectivity index (χ0n) is 15.1. The summed E-state index contributed by atoms with van der Waals surface area (Å²) in [6.07, 6.45) is 1.70. The van der Waals surface area contributed by atoms with Crippen molar-refractivity contribution in [2.75, 3.05) is 25.1 Å². The normalized spacial score (nSPS) is 19.3. The molecule has 0 aliphatic carbocycles. The van der Waals surface area contributed by atoms with Crippen molar-refractivity contribution in [2.24, 2.45) is 0 Å². The molecule has 27 heavy (non-hydrogen) atoms. The second-order valence-corrected chi connectivity index (χ2v) is 6.39. The first-order chi connectivity index (χ1) is 13.2. The van der Waals surface area contributed by atoms with Crippen molar-refractivity contribution in [1.29, 1.82) is 0 Å². The van der Waals surface area contributed by atoms with E-state index in [1.54, 1.807) is 6.33 Å². The van der Waals surface area contributed by atoms with E-state index >= 15 is 0 Å². The summed E-state index contributed by atoms with van der Waals surface area (Å²) in [4.78, 5) is 16.7. The zero-order valence-corrected chi connectivity index (χ0v) is 15.1. The van der Waals surface area contributed by atoms with Crippen LogP contribution in [-0.4, -0.2) is 47.5 Å². The monoisotopic (exact) mass is 366 g/mol. The average molecular weight is 366 g/mol. The Morgan fingerprint density at radius 1 is 1.22 bits per heavy atom. The lowest BCUT2D eigenvalue weighted by molar-refractivity contribution is 0.0428. The first-order valence-corrected chi connectivity index (χ1v) is 9.04. The molecule has 0 bridgehead atoms. The molecule has 1 saturated heterocycles. The van der Waals surface area contributed by atoms with Crippen LogP contribution in [0.1, 0.15) is 6.92 Å². The Hall–Kier alpha value is -2.90. The molecule has 7 heteroatoms. The molecule has 0 unspecified atom stereocenters. The second kappa shape index (κ2) is 7.77. The molecule has 2 atom stereocenters. The predicted octanol–water partition coefficient (Wildman–Crippen LogP) is 2.95. The molecular weight excluding hydrogens is 344 g/mol. The van der Waals surface area contributed by atoms with Gasteiger partial charge in [0, 0.05) is 18.0 Å². The number of nitrogens with one attached hydrogen (secondary N) is 2. The van der Waals surface area contributed by atoms with Crippen LogP contribution in [0.15, 0.2) is 54.9 Å². The number of carbonyl (C=O) groups excluding carboxylic acids is 1. The number of anilines is 1. The number of imidazole rings is 1. The van der Waals surface area contributed by atoms with E-state index in [0.29, 0.717) is 25.5 Å². The van der Waals surface area contributed by atoms with Gasteiger partial charge in [-0.2, -0.15) is 0 Å². The van der Waals surface area contributed by atoms with Crippen molar-refractivity contribution >= 4 is 22.8 Å². The summed E-state index contributed by atoms with van der Waals surface area (Å²) >= 11 is 0. The Labute approximate surface area is 157 Å². The zero-order chi connectivity index (χ0) is 18.6. The lowest BCUT2D eigenvalue weighted by Crippen LogP contribution is -2.45. The number of hydrogen-bond acceptors (Lipinski definition) is 4. The van der Waals surface area contributed by atoms with Gasteiger partial charge in [0.25, 0.3) is 0 Å². The van der Waals surface area contributed by atoms with Crippen molar-refractivity contribution in [2.45, 2.75) is 19.1 Å². The van der Waals surface area contributed by atoms with Gasteiger partial charge in [0.05, 0.1) is 30.3 Å². The lowest BCUT2D eigenvalue weighted by Gasteiger charge is -2.19. The molecule has 0 radical (unpaired) electrons. The van der Waals surface area contributed by atoms with Gasteiger partial charge in [0.1, 0.15) is 12.4 Å². The van der Waals surface area contributed by atoms with Gasteiger partial charge in [-0.15, -0.1) is 0 Å². The number of carbonyl (C=O) groups is 1. The third-order valence-corrected chi connectivity index (χ3v) is 4.58. The molecule has 1 aromatic heterocycles. The van der Waals surface area contributed by atoms with Crippen LogP contribution in [0.4, 0.5) is 10.5 Å². The molecule has 3 aromatic rings. The molecule has 0 spiro atoms. The van der Waals surface area contributed by atoms with Crippen molar-refractivity contribution in [3.63, 3.8) is 0 Å². The highest BCUT2D eigenvalue weighted by Gasteiger charge is 2.30. The minimum atomic E-state index is -0.268. The fourth-order valence-electron chi connectivity index (χ4n) is 3.25. The van der Waals surface area contributed by atoms with Crippen LogP contribution in [0.25, 0.3) is 16.7 Å². The molecular formula is C20H22N4O3. The third-order valence-electron chi connectivity index (χ3n) is 4.58. The fraction of sp³-hybridized carbons (Fsp3) is 0.300. The number of nitrogens with zero attached hydrogens (tertiary/aromatic N) is 2. The van der Waals surface area contributed by atoms with Crippen LogP contribution < -0.4 is 10.6 Å². The van der Waals surface area contributed by atoms with Gasteiger partial charge in [0.2, 0.25) is 0 Å². The van der Waals surface area contributed by atoms with E-state index in [1.165, 1.54) is 0 Å². The summed E-state index contributed by atoms with van der Waals surface area (Å²) in [5.41, 5.74) is 3.68. The average Bonchev–Trinajstić information content (AvgIpc) is 3.30. The Morgan fingerprint density at radius 2 is 2.04 bits per heavy atom. The minimum absolute atomic E-state index is 0.0994. The van der Waals surface area contributed by atoms with Crippen LogP contribution in [0.2, 0.25) is 0 Å². The van der Waals surface area contributed by atoms with E-state index in [1.807, 2.05) is 60.0 Å². The SMILES string of the molecule is CCO[C@H]1COC[C@@H]1NC(=O)Nc1ccc(-n2cnc3ccccc32)cc1. The number of aromatic nitrogens is 2. The largest absolute Gasteiger partial charge is 0.376 e. The number of para-hydroxylation sites is 2. The molecule has 1 fully saturated rings. The lowest BCUT2D eigenvalue weighted by atomic mass is 10.2. The van der Waals surface area contributed by atoms with E-state index in [-0.39, 0.29) is 18.2 Å². The molecule has 7 nitrogen and oxygen atoms in total. The Bertz CT molecular complexity index is 922. The van der Waals surface area contributed by atoms with Crippen molar-refractivity contribution in [3.8, 4) is 5.69 Å². The molecule has 2 aromatic carbocycles. The van der Waals surface area contributed by atoms with Gasteiger partial charge in [-0.3, -0.25) is 4.57 Å². The summed E-state index contributed by atoms with van der Waals surface area (Å²) < 4.78 is 13.0. The Kier molecular flexibility index (Phi) is 5.04. The highest BCUT2D eigenvalue weighted by atomic mass is 16.5. The molecule has 4 rings (SSSR count). The van der Waals surface area contributed by atoms with Gasteiger partial charge in [0.15, 0.2) is 0 Å². The van der Waals surface area contributed by atoms with Gasteiger partial charge >= 0.3 is 6.03 Å². The number of amides is 2. The van der Waals surface area contributed by atoms with E-state index in [9.17, 15) is 4.79 Å². The summed E-state index contributed by atoms with van der Waals surface area (Å²) in [6, 6.07) is 15.2. The minimum Gasteiger partial charge on any atom is -0.376 e. The van der Waals surface area contributed by atoms with Crippen LogP contribution in [0, 0.1) is 0 Å². The second-order valence-electron chi connectivity index (χ2n) is 6.39. The first-order valence-electron chi connectivity index (χ1n) is 9.04. The topological polar surface area (TPSA) is 77.4 Å². The summed E-state index contributed by atoms with van der Waals surface area (Å²) in [7, 11) is 0. The van der Waals surface area contributed by atoms with Crippen molar-refractivity contribution in [3.05, 3.63) is 54.9 Å². The maximum absolute atomic E-state index is 12.3. The Morgan fingerprint density at radius 3 is 2.85 bits per heavy atom. The van der Waals surface area contributed by atoms with Crippen molar-refractivity contribution in [1.82, 2.24) is 14.9 Å². The smallest absolute Gasteiger partial charge is 0.319 e. The highest BCUT2D eigenvalue weighted by Crippen LogP contribution is 2.19. The molecule has 2 heterocycles. The maximum Gasteiger partial charge on any atom is 0.319 e. The van der Waals surface area contributed by atoms with Crippen LogP contribution >= 0.6 is 0 Å². The molecule has 2 N–H and O–H groups in total. The Balaban J connectivity index is 1.41. The van der Waals surface area contributed by atoms with Gasteiger partial charge in [-0.1, -0.05) is 12.1 Å². The van der Waals surface area contributed by atoms with Gasteiger partial charge in [-0.05, 0) is 43.3 Å². The standard InChI is InChI=1S/C20H22N4O3/c1-2-27-19-12-26-11-17(19)23-20(25)22-14-7-9-15(10-8-14)24-13-21-16-5-3-4-6-18(16)24/h3-10,13,17,19H,2,11-12H2,1H3,(H2,22,23,25)/t17-,19-/m0/s1. The summed E-state index contributed by atoms with van der Waals surface area (Å²) in [5, 5.41) is 5.77. The highest BCUT2D eigenvalue weighted by molar-refractivity contribution is 5.89. The third kappa shape index (κ3) is 3.79. The van der Waals surface area contributed by atoms with E-state index in [4.69, 9.17) is 9.47 Å². The number of hydrogen-bond donors (Lipinski definition) is 2. The summed E-state index contributed by atoms with van der Waals surface area (Å²) in [6.45, 7) is 3.50. The summed E-state index contributed by atoms with van der Waals surface area (Å²) in [5.74, 6) is 0. The number of urea groups is 1.